The average molecular weight is 779 g/mol. The maximum absolute atomic E-state index is 13.4. The summed E-state index contributed by atoms with van der Waals surface area (Å²) in [6.45, 7) is 5.55. The number of rotatable bonds is 4. The SMILES string of the molecule is FC(F)(F)c1ccccc1CN1CCCNCCN(Cc2ccccc2C(F)(F)F)CCCNCC1.[Cu+2].[O-][Cl+3]([O-])([O-])[O-].[O-][Cl+3]([O-])([O-])[O-]. The summed E-state index contributed by atoms with van der Waals surface area (Å²) in [7, 11) is -9.89. The van der Waals surface area contributed by atoms with E-state index in [0.29, 0.717) is 52.4 Å². The third-order valence-corrected chi connectivity index (χ3v) is 6.30. The van der Waals surface area contributed by atoms with Crippen LogP contribution in [0.25, 0.3) is 0 Å². The Balaban J connectivity index is 0.00000168. The normalized spacial score (nSPS) is 16.8. The van der Waals surface area contributed by atoms with Crippen LogP contribution in [0.4, 0.5) is 26.3 Å². The van der Waals surface area contributed by atoms with Crippen molar-refractivity contribution in [3.05, 3.63) is 70.8 Å². The van der Waals surface area contributed by atoms with E-state index in [1.807, 2.05) is 9.80 Å². The molecule has 2 aromatic carbocycles. The van der Waals surface area contributed by atoms with Crippen LogP contribution in [0, 0.1) is 20.5 Å². The molecule has 3 rings (SSSR count). The van der Waals surface area contributed by atoms with E-state index in [1.54, 1.807) is 12.1 Å². The smallest absolute Gasteiger partial charge is 0.315 e. The third kappa shape index (κ3) is 23.6. The van der Waals surface area contributed by atoms with E-state index in [4.69, 9.17) is 37.3 Å². The average Bonchev–Trinajstić information content (AvgIpc) is 2.89. The Bertz CT molecular complexity index is 1030. The molecule has 273 valence electrons. The van der Waals surface area contributed by atoms with Crippen LogP contribution in [-0.4, -0.2) is 62.2 Å². The fraction of sp³-hybridized carbons (Fsp3) is 0.538. The minimum atomic E-state index is -4.94. The molecule has 0 saturated carbocycles. The maximum atomic E-state index is 13.4. The van der Waals surface area contributed by atoms with Gasteiger partial charge in [0.25, 0.3) is 0 Å². The first-order valence-electron chi connectivity index (χ1n) is 13.5. The third-order valence-electron chi connectivity index (χ3n) is 6.30. The Hall–Kier alpha value is -1.36. The molecule has 0 spiro atoms. The van der Waals surface area contributed by atoms with Gasteiger partial charge in [0, 0.05) is 39.3 Å². The van der Waals surface area contributed by atoms with Crippen LogP contribution < -0.4 is 47.9 Å². The van der Waals surface area contributed by atoms with Crippen molar-refractivity contribution in [3.8, 4) is 0 Å². The number of hydrogen-bond acceptors (Lipinski definition) is 12. The van der Waals surface area contributed by atoms with Crippen LogP contribution >= 0.6 is 0 Å². The molecule has 1 fully saturated rings. The molecule has 1 aliphatic rings. The first-order chi connectivity index (χ1) is 21.1. The maximum Gasteiger partial charge on any atom is 2.00 e. The largest absolute Gasteiger partial charge is 2.00 e. The van der Waals surface area contributed by atoms with Gasteiger partial charge < -0.3 is 10.6 Å². The molecule has 1 saturated heterocycles. The summed E-state index contributed by atoms with van der Waals surface area (Å²) in [6.07, 6.45) is -7.26. The summed E-state index contributed by atoms with van der Waals surface area (Å²) in [5, 5.41) is 6.67. The molecule has 0 unspecified atom stereocenters. The van der Waals surface area contributed by atoms with Gasteiger partial charge in [0.1, 0.15) is 0 Å². The second-order valence-corrected chi connectivity index (χ2v) is 11.3. The zero-order chi connectivity index (χ0) is 35.0. The van der Waals surface area contributed by atoms with Gasteiger partial charge in [0.15, 0.2) is 0 Å². The van der Waals surface area contributed by atoms with Gasteiger partial charge >= 0.3 is 29.4 Å². The topological polar surface area (TPSA) is 215 Å². The van der Waals surface area contributed by atoms with Crippen molar-refractivity contribution in [2.45, 2.75) is 38.3 Å². The Morgan fingerprint density at radius 2 is 0.830 bits per heavy atom. The summed E-state index contributed by atoms with van der Waals surface area (Å²) >= 11 is 0. The summed E-state index contributed by atoms with van der Waals surface area (Å²) in [5.41, 5.74) is -0.645. The number of nitrogens with one attached hydrogen (secondary N) is 2. The molecular formula is C26H34Cl2CuF6N4O8. The van der Waals surface area contributed by atoms with Crippen molar-refractivity contribution in [1.29, 1.82) is 0 Å². The Labute approximate surface area is 282 Å². The molecular weight excluding hydrogens is 745 g/mol. The van der Waals surface area contributed by atoms with Crippen LogP contribution in [0.1, 0.15) is 35.1 Å². The van der Waals surface area contributed by atoms with Gasteiger partial charge in [-0.05, 0) is 62.3 Å². The van der Waals surface area contributed by atoms with E-state index in [2.05, 4.69) is 10.6 Å². The van der Waals surface area contributed by atoms with Crippen molar-refractivity contribution in [2.24, 2.45) is 0 Å². The Morgan fingerprint density at radius 3 is 1.13 bits per heavy atom. The van der Waals surface area contributed by atoms with E-state index in [1.165, 1.54) is 24.3 Å². The molecule has 2 N–H and O–H groups in total. The Morgan fingerprint density at radius 1 is 0.532 bits per heavy atom. The first kappa shape index (κ1) is 45.6. The molecule has 2 aromatic rings. The second-order valence-electron chi connectivity index (χ2n) is 9.83. The van der Waals surface area contributed by atoms with Gasteiger partial charge in [0.2, 0.25) is 0 Å². The molecule has 1 radical (unpaired) electrons. The van der Waals surface area contributed by atoms with Crippen molar-refractivity contribution >= 4 is 0 Å². The van der Waals surface area contributed by atoms with Gasteiger partial charge in [-0.15, -0.1) is 20.5 Å². The molecule has 0 bridgehead atoms. The quantitative estimate of drug-likeness (QED) is 0.222. The molecule has 47 heavy (non-hydrogen) atoms. The molecule has 12 nitrogen and oxygen atoms in total. The number of alkyl halides is 6. The van der Waals surface area contributed by atoms with Crippen molar-refractivity contribution in [2.75, 3.05) is 52.4 Å². The van der Waals surface area contributed by atoms with Crippen molar-refractivity contribution < 1.29 is 101 Å². The van der Waals surface area contributed by atoms with E-state index in [9.17, 15) is 26.3 Å². The molecule has 0 aliphatic carbocycles. The van der Waals surface area contributed by atoms with Crippen LogP contribution in [0.3, 0.4) is 0 Å². The second kappa shape index (κ2) is 21.7. The van der Waals surface area contributed by atoms with Gasteiger partial charge in [-0.3, -0.25) is 9.80 Å². The molecule has 1 aliphatic heterocycles. The Kier molecular flexibility index (Phi) is 21.0. The number of nitrogens with zero attached hydrogens (tertiary/aromatic N) is 2. The molecule has 0 amide bonds. The van der Waals surface area contributed by atoms with Crippen LogP contribution in [0.2, 0.25) is 0 Å². The van der Waals surface area contributed by atoms with Crippen LogP contribution in [-0.2, 0) is 42.5 Å². The fourth-order valence-corrected chi connectivity index (χ4v) is 4.47. The summed E-state index contributed by atoms with van der Waals surface area (Å²) in [6, 6.07) is 11.4. The summed E-state index contributed by atoms with van der Waals surface area (Å²) < 4.78 is 148. The summed E-state index contributed by atoms with van der Waals surface area (Å²) in [5.74, 6) is 0. The van der Waals surface area contributed by atoms with Gasteiger partial charge in [-0.2, -0.15) is 26.3 Å². The number of benzene rings is 2. The van der Waals surface area contributed by atoms with Gasteiger partial charge in [0.05, 0.1) is 11.1 Å². The zero-order valence-electron chi connectivity index (χ0n) is 24.6. The first-order valence-corrected chi connectivity index (χ1v) is 16.0. The predicted octanol–water partition coefficient (Wildman–Crippen LogP) is -4.51. The van der Waals surface area contributed by atoms with Crippen LogP contribution in [0.5, 0.6) is 0 Å². The van der Waals surface area contributed by atoms with Crippen LogP contribution in [0.15, 0.2) is 48.5 Å². The van der Waals surface area contributed by atoms with Crippen molar-refractivity contribution in [3.63, 3.8) is 0 Å². The standard InChI is InChI=1S/C26H34F6N4.2ClHO4.Cu/c27-25(28,29)23-9-3-1-7-21(23)19-35-15-5-11-34-14-18-36(16-6-12-33-13-17-35)20-22-8-2-4-10-24(22)26(30,31)32;2*2-1(3,4)5;/h1-4,7-10,33-34H,5-6,11-20H2;2*(H,2,3,4,5);/q;;;+2/p-2. The predicted molar refractivity (Wildman–Crippen MR) is 128 cm³/mol. The zero-order valence-corrected chi connectivity index (χ0v) is 27.0. The molecule has 21 heteroatoms. The minimum absolute atomic E-state index is 0. The van der Waals surface area contributed by atoms with Gasteiger partial charge in [-0.25, -0.2) is 37.3 Å². The van der Waals surface area contributed by atoms with E-state index in [-0.39, 0.29) is 41.3 Å². The molecule has 0 atom stereocenters. The van der Waals surface area contributed by atoms with Crippen molar-refractivity contribution in [1.82, 2.24) is 20.4 Å². The summed E-state index contributed by atoms with van der Waals surface area (Å²) in [4.78, 5) is 4.07. The molecule has 0 aromatic heterocycles. The van der Waals surface area contributed by atoms with Gasteiger partial charge in [-0.1, -0.05) is 36.4 Å². The van der Waals surface area contributed by atoms with E-state index < -0.39 is 44.0 Å². The minimum Gasteiger partial charge on any atom is -0.315 e. The number of hydrogen-bond donors (Lipinski definition) is 2. The van der Waals surface area contributed by atoms with E-state index >= 15 is 0 Å². The monoisotopic (exact) mass is 777 g/mol. The fourth-order valence-electron chi connectivity index (χ4n) is 4.47. The molecule has 1 heterocycles. The van der Waals surface area contributed by atoms with E-state index in [0.717, 1.165) is 25.0 Å². The number of halogens is 8.